The van der Waals surface area contributed by atoms with E-state index in [1.165, 1.54) is 12.4 Å². The monoisotopic (exact) mass is 1090 g/mol. The van der Waals surface area contributed by atoms with Crippen molar-refractivity contribution in [3.63, 3.8) is 0 Å². The first-order valence-corrected chi connectivity index (χ1v) is 23.3. The number of fused-ring (bicyclic) bond motifs is 2. The van der Waals surface area contributed by atoms with E-state index >= 15 is 0 Å². The van der Waals surface area contributed by atoms with Crippen LogP contribution in [0.3, 0.4) is 0 Å². The number of nitrogen functional groups attached to an aromatic ring is 1. The number of oxazole rings is 2. The van der Waals surface area contributed by atoms with Crippen LogP contribution < -0.4 is 21.7 Å². The fourth-order valence-corrected chi connectivity index (χ4v) is 8.03. The van der Waals surface area contributed by atoms with Crippen LogP contribution in [-0.2, 0) is 43.0 Å². The first kappa shape index (κ1) is 57.4. The molecule has 400 valence electrons. The number of ether oxygens (including phenoxy) is 1. The number of anilines is 2. The minimum Gasteiger partial charge on any atom is -0.444 e. The number of hydrogen-bond donors (Lipinski definition) is 4. The van der Waals surface area contributed by atoms with Gasteiger partial charge in [0.15, 0.2) is 23.2 Å². The van der Waals surface area contributed by atoms with E-state index in [0.29, 0.717) is 76.9 Å². The molecule has 16 nitrogen and oxygen atoms in total. The average molecular weight is 1100 g/mol. The molecule has 0 radical (unpaired) electrons. The lowest BCUT2D eigenvalue weighted by Crippen LogP contribution is -2.28. The summed E-state index contributed by atoms with van der Waals surface area (Å²) in [6.07, 6.45) is -7.63. The number of aromatic nitrogens is 6. The second kappa shape index (κ2) is 23.0. The van der Waals surface area contributed by atoms with Gasteiger partial charge in [0.1, 0.15) is 17.2 Å². The summed E-state index contributed by atoms with van der Waals surface area (Å²) in [5.41, 5.74) is 8.39. The van der Waals surface area contributed by atoms with E-state index in [0.717, 1.165) is 5.56 Å². The number of nitrogens with one attached hydrogen (secondary N) is 3. The third-order valence-electron chi connectivity index (χ3n) is 11.0. The summed E-state index contributed by atoms with van der Waals surface area (Å²) in [5, 5.41) is 9.72. The summed E-state index contributed by atoms with van der Waals surface area (Å²) in [4.78, 5) is 61.5. The van der Waals surface area contributed by atoms with E-state index in [1.807, 2.05) is 0 Å². The number of benzene rings is 2. The summed E-state index contributed by atoms with van der Waals surface area (Å²) < 4.78 is 98.0. The molecule has 76 heavy (non-hydrogen) atoms. The van der Waals surface area contributed by atoms with E-state index in [9.17, 15) is 40.7 Å². The van der Waals surface area contributed by atoms with Crippen LogP contribution in [0.5, 0.6) is 0 Å². The maximum atomic E-state index is 13.8. The Morgan fingerprint density at radius 2 is 1.07 bits per heavy atom. The van der Waals surface area contributed by atoms with Crippen LogP contribution >= 0.6 is 23.2 Å². The number of carbonyl (C=O) groups is 3. The third kappa shape index (κ3) is 14.5. The molecule has 24 heteroatoms. The fraction of sp³-hybridized carbons (Fsp3) is 0.288. The normalized spacial score (nSPS) is 11.7. The smallest absolute Gasteiger partial charge is 0.437 e. The van der Waals surface area contributed by atoms with Crippen LogP contribution in [0.15, 0.2) is 81.9 Å². The van der Waals surface area contributed by atoms with Crippen molar-refractivity contribution >= 4 is 74.6 Å². The van der Waals surface area contributed by atoms with Crippen LogP contribution in [0.4, 0.5) is 42.8 Å². The predicted octanol–water partition coefficient (Wildman–Crippen LogP) is 12.4. The highest BCUT2D eigenvalue weighted by Crippen LogP contribution is 2.35. The van der Waals surface area contributed by atoms with Crippen molar-refractivity contribution in [2.75, 3.05) is 11.1 Å². The molecular formula is C52H50Cl2F6N10O6. The van der Waals surface area contributed by atoms with Gasteiger partial charge in [-0.3, -0.25) is 24.9 Å². The first-order valence-electron chi connectivity index (χ1n) is 22.6. The van der Waals surface area contributed by atoms with Gasteiger partial charge in [0.25, 0.3) is 11.8 Å². The molecule has 0 aliphatic heterocycles. The van der Waals surface area contributed by atoms with Gasteiger partial charge < -0.3 is 29.9 Å². The van der Waals surface area contributed by atoms with E-state index in [-0.39, 0.29) is 51.0 Å². The Balaban J connectivity index is 0.000000247. The Bertz CT molecular complexity index is 3440. The van der Waals surface area contributed by atoms with E-state index in [1.54, 1.807) is 109 Å². The SMILES string of the molecule is C.Cc1cc(N)nc(C)c1CNC(=O)c1oc(Cc2ccc3ncc(Cl)cc3c2)nc1C(F)(F)F.Cc1cc(NC(=O)OC(C)(C)C)nc(C)c1CNC(=O)c1oc(Cc2ccc3ncc(Cl)cc3c2)nc1C(F)(F)F. The lowest BCUT2D eigenvalue weighted by atomic mass is 10.1. The molecule has 2 aromatic carbocycles. The van der Waals surface area contributed by atoms with Gasteiger partial charge in [0.2, 0.25) is 11.5 Å². The van der Waals surface area contributed by atoms with Crippen LogP contribution in [0.2, 0.25) is 10.0 Å². The lowest BCUT2D eigenvalue weighted by molar-refractivity contribution is -0.142. The maximum Gasteiger partial charge on any atom is 0.437 e. The minimum atomic E-state index is -4.92. The Morgan fingerprint density at radius 1 is 0.632 bits per heavy atom. The van der Waals surface area contributed by atoms with Gasteiger partial charge in [0, 0.05) is 60.5 Å². The molecule has 0 saturated carbocycles. The number of hydrogen-bond acceptors (Lipinski definition) is 13. The Hall–Kier alpha value is -7.85. The summed E-state index contributed by atoms with van der Waals surface area (Å²) in [7, 11) is 0. The number of amides is 3. The van der Waals surface area contributed by atoms with Gasteiger partial charge in [-0.05, 0) is 130 Å². The molecule has 0 fully saturated rings. The van der Waals surface area contributed by atoms with Crippen LogP contribution in [0.25, 0.3) is 21.8 Å². The number of carbonyl (C=O) groups excluding carboxylic acids is 3. The zero-order chi connectivity index (χ0) is 54.7. The van der Waals surface area contributed by atoms with Crippen molar-refractivity contribution in [1.82, 2.24) is 40.5 Å². The van der Waals surface area contributed by atoms with Gasteiger partial charge in [-0.15, -0.1) is 0 Å². The number of nitrogens with zero attached hydrogens (tertiary/aromatic N) is 6. The number of pyridine rings is 4. The van der Waals surface area contributed by atoms with Crippen LogP contribution in [0.1, 0.15) is 117 Å². The molecule has 6 aromatic heterocycles. The number of nitrogens with two attached hydrogens (primary N) is 1. The van der Waals surface area contributed by atoms with Gasteiger partial charge in [-0.2, -0.15) is 26.3 Å². The molecule has 0 saturated heterocycles. The van der Waals surface area contributed by atoms with Crippen LogP contribution in [0, 0.1) is 27.7 Å². The van der Waals surface area contributed by atoms with Gasteiger partial charge in [-0.25, -0.2) is 24.7 Å². The Morgan fingerprint density at radius 3 is 1.47 bits per heavy atom. The van der Waals surface area contributed by atoms with E-state index in [2.05, 4.69) is 45.9 Å². The van der Waals surface area contributed by atoms with Crippen molar-refractivity contribution in [3.05, 3.63) is 163 Å². The number of alkyl halides is 6. The standard InChI is InChI=1S/C28H27ClF3N5O4.C23H19ClF3N5O2.CH4/c1-14-8-21(36-26(39)41-27(3,4)5)35-15(2)19(14)13-34-25(38)23-24(28(30,31)32)37-22(40-23)10-16-6-7-20-17(9-16)11-18(29)12-33-20;1-11-5-18(28)31-12(2)16(11)10-30-22(33)20-21(23(25,26)27)32-19(34-20)7-13-3-4-17-14(6-13)8-15(24)9-29-17;/h6-9,11-12H,10,13H2,1-5H3,(H,34,38)(H,35,36,39);3-6,8-9H,7,10H2,1-2H3,(H2,28,31)(H,30,33);1H4. The molecule has 0 spiro atoms. The molecule has 8 aromatic rings. The molecular weight excluding hydrogens is 1050 g/mol. The maximum absolute atomic E-state index is 13.8. The highest BCUT2D eigenvalue weighted by Gasteiger charge is 2.42. The topological polar surface area (TPSA) is 226 Å². The van der Waals surface area contributed by atoms with Gasteiger partial charge >= 0.3 is 18.4 Å². The molecule has 3 amide bonds. The largest absolute Gasteiger partial charge is 0.444 e. The molecule has 0 aliphatic carbocycles. The predicted molar refractivity (Wildman–Crippen MR) is 273 cm³/mol. The number of aryl methyl sites for hydroxylation is 4. The second-order valence-electron chi connectivity index (χ2n) is 18.1. The highest BCUT2D eigenvalue weighted by molar-refractivity contribution is 6.31. The molecule has 0 bridgehead atoms. The molecule has 5 N–H and O–H groups in total. The lowest BCUT2D eigenvalue weighted by Gasteiger charge is -2.20. The van der Waals surface area contributed by atoms with E-state index in [4.69, 9.17) is 42.5 Å². The average Bonchev–Trinajstić information content (AvgIpc) is 3.93. The van der Waals surface area contributed by atoms with Gasteiger partial charge in [-0.1, -0.05) is 42.8 Å². The number of halogens is 8. The fourth-order valence-electron chi connectivity index (χ4n) is 7.70. The second-order valence-corrected chi connectivity index (χ2v) is 19.0. The highest BCUT2D eigenvalue weighted by atomic mass is 35.5. The summed E-state index contributed by atoms with van der Waals surface area (Å²) >= 11 is 12.0. The van der Waals surface area contributed by atoms with Gasteiger partial charge in [0.05, 0.1) is 21.1 Å². The Labute approximate surface area is 441 Å². The van der Waals surface area contributed by atoms with Crippen molar-refractivity contribution in [3.8, 4) is 0 Å². The molecule has 6 heterocycles. The number of rotatable bonds is 11. The zero-order valence-electron chi connectivity index (χ0n) is 41.0. The van der Waals surface area contributed by atoms with Crippen molar-refractivity contribution in [2.24, 2.45) is 0 Å². The molecule has 0 unspecified atom stereocenters. The summed E-state index contributed by atoms with van der Waals surface area (Å²) in [6.45, 7) is 11.8. The van der Waals surface area contributed by atoms with Crippen molar-refractivity contribution < 1.29 is 54.3 Å². The third-order valence-corrected chi connectivity index (χ3v) is 11.4. The summed E-state index contributed by atoms with van der Waals surface area (Å²) in [5.74, 6) is -3.92. The minimum absolute atomic E-state index is 0. The molecule has 0 aliphatic rings. The van der Waals surface area contributed by atoms with Crippen molar-refractivity contribution in [1.29, 1.82) is 0 Å². The first-order chi connectivity index (χ1) is 35.1. The van der Waals surface area contributed by atoms with E-state index < -0.39 is 58.8 Å². The van der Waals surface area contributed by atoms with Crippen molar-refractivity contribution in [2.45, 2.75) is 99.8 Å². The molecule has 8 rings (SSSR count). The molecule has 0 atom stereocenters. The Kier molecular flexibility index (Phi) is 17.3. The quantitative estimate of drug-likeness (QED) is 0.0885. The zero-order valence-corrected chi connectivity index (χ0v) is 42.5. The van der Waals surface area contributed by atoms with Crippen LogP contribution in [-0.4, -0.2) is 53.4 Å². The summed E-state index contributed by atoms with van der Waals surface area (Å²) in [6, 6.07) is 16.8.